The molecule has 3 aromatic rings. The summed E-state index contributed by atoms with van der Waals surface area (Å²) >= 11 is 1.53. The number of nitrogen functional groups attached to an aromatic ring is 1. The van der Waals surface area contributed by atoms with Crippen molar-refractivity contribution in [3.8, 4) is 21.8 Å². The van der Waals surface area contributed by atoms with Crippen LogP contribution in [0.1, 0.15) is 0 Å². The Morgan fingerprint density at radius 3 is 3.06 bits per heavy atom. The zero-order chi connectivity index (χ0) is 11.0. The molecule has 0 spiro atoms. The van der Waals surface area contributed by atoms with Crippen LogP contribution in [-0.4, -0.2) is 15.2 Å². The Labute approximate surface area is 94.9 Å². The second-order valence-electron chi connectivity index (χ2n) is 3.25. The van der Waals surface area contributed by atoms with Crippen molar-refractivity contribution in [3.63, 3.8) is 0 Å². The zero-order valence-electron chi connectivity index (χ0n) is 8.18. The lowest BCUT2D eigenvalue weighted by molar-refractivity contribution is 0.568. The third-order valence-electron chi connectivity index (χ3n) is 2.22. The number of rotatable bonds is 2. The fraction of sp³-hybridized carbons (Fsp3) is 0. The second kappa shape index (κ2) is 3.49. The minimum atomic E-state index is 0.535. The molecule has 3 N–H and O–H groups in total. The molecule has 3 heterocycles. The molecule has 0 aliphatic carbocycles. The molecule has 3 rings (SSSR count). The molecule has 0 fully saturated rings. The van der Waals surface area contributed by atoms with Gasteiger partial charge in [-0.25, -0.2) is 4.98 Å². The number of H-pyrrole nitrogens is 1. The van der Waals surface area contributed by atoms with E-state index in [0.717, 1.165) is 21.8 Å². The van der Waals surface area contributed by atoms with Gasteiger partial charge in [0.2, 0.25) is 0 Å². The number of hydrogen-bond acceptors (Lipinski definition) is 5. The van der Waals surface area contributed by atoms with Crippen LogP contribution in [0.3, 0.4) is 0 Å². The highest BCUT2D eigenvalue weighted by atomic mass is 32.1. The molecule has 0 aliphatic rings. The number of nitrogens with one attached hydrogen (secondary N) is 1. The number of furan rings is 1. The predicted molar refractivity (Wildman–Crippen MR) is 61.8 cm³/mol. The maximum atomic E-state index is 5.73. The first-order valence-electron chi connectivity index (χ1n) is 4.62. The van der Waals surface area contributed by atoms with Gasteiger partial charge in [0.1, 0.15) is 10.8 Å². The van der Waals surface area contributed by atoms with Gasteiger partial charge in [-0.15, -0.1) is 11.3 Å². The summed E-state index contributed by atoms with van der Waals surface area (Å²) in [4.78, 5) is 4.47. The van der Waals surface area contributed by atoms with Crippen molar-refractivity contribution < 1.29 is 4.42 Å². The van der Waals surface area contributed by atoms with Crippen LogP contribution in [0, 0.1) is 0 Å². The van der Waals surface area contributed by atoms with Crippen LogP contribution in [0.5, 0.6) is 0 Å². The normalized spacial score (nSPS) is 10.8. The molecule has 80 valence electrons. The average Bonchev–Trinajstić information content (AvgIpc) is 2.96. The molecule has 0 amide bonds. The molecule has 0 bridgehead atoms. The van der Waals surface area contributed by atoms with E-state index >= 15 is 0 Å². The van der Waals surface area contributed by atoms with Gasteiger partial charge in [-0.05, 0) is 6.07 Å². The number of nitrogens with two attached hydrogens (primary N) is 1. The minimum absolute atomic E-state index is 0.535. The lowest BCUT2D eigenvalue weighted by atomic mass is 10.3. The lowest BCUT2D eigenvalue weighted by Gasteiger charge is -1.91. The van der Waals surface area contributed by atoms with Crippen molar-refractivity contribution in [1.29, 1.82) is 0 Å². The fourth-order valence-corrected chi connectivity index (χ4v) is 2.26. The van der Waals surface area contributed by atoms with E-state index in [-0.39, 0.29) is 0 Å². The second-order valence-corrected chi connectivity index (χ2v) is 4.11. The molecule has 0 saturated carbocycles. The van der Waals surface area contributed by atoms with E-state index in [1.807, 2.05) is 11.4 Å². The first kappa shape index (κ1) is 9.17. The van der Waals surface area contributed by atoms with Crippen molar-refractivity contribution >= 4 is 17.2 Å². The summed E-state index contributed by atoms with van der Waals surface area (Å²) in [6.07, 6.45) is 4.96. The summed E-state index contributed by atoms with van der Waals surface area (Å²) < 4.78 is 5.01. The van der Waals surface area contributed by atoms with Crippen molar-refractivity contribution in [2.75, 3.05) is 5.73 Å². The van der Waals surface area contributed by atoms with E-state index in [9.17, 15) is 0 Å². The summed E-state index contributed by atoms with van der Waals surface area (Å²) in [5.41, 5.74) is 8.41. The zero-order valence-corrected chi connectivity index (χ0v) is 8.99. The molecule has 0 aromatic carbocycles. The molecule has 0 aliphatic heterocycles. The number of nitrogens with zero attached hydrogens (tertiary/aromatic N) is 2. The van der Waals surface area contributed by atoms with Crippen molar-refractivity contribution in [3.05, 3.63) is 30.2 Å². The third kappa shape index (κ3) is 1.40. The maximum absolute atomic E-state index is 5.73. The summed E-state index contributed by atoms with van der Waals surface area (Å²) in [5, 5.41) is 9.37. The van der Waals surface area contributed by atoms with E-state index in [1.165, 1.54) is 11.3 Å². The predicted octanol–water partition coefficient (Wildman–Crippen LogP) is 2.38. The number of thiazole rings is 1. The highest BCUT2D eigenvalue weighted by molar-refractivity contribution is 7.13. The van der Waals surface area contributed by atoms with Crippen LogP contribution in [0.2, 0.25) is 0 Å². The summed E-state index contributed by atoms with van der Waals surface area (Å²) in [5.74, 6) is 0.535. The molecule has 5 nitrogen and oxygen atoms in total. The summed E-state index contributed by atoms with van der Waals surface area (Å²) in [7, 11) is 0. The van der Waals surface area contributed by atoms with Gasteiger partial charge in [0, 0.05) is 10.9 Å². The largest absolute Gasteiger partial charge is 0.472 e. The van der Waals surface area contributed by atoms with Gasteiger partial charge in [0.25, 0.3) is 0 Å². The topological polar surface area (TPSA) is 80.7 Å². The molecule has 0 unspecified atom stereocenters. The maximum Gasteiger partial charge on any atom is 0.129 e. The van der Waals surface area contributed by atoms with E-state index in [0.29, 0.717) is 5.82 Å². The molecular weight excluding hydrogens is 224 g/mol. The molecular formula is C10H8N4OS. The molecule has 6 heteroatoms. The van der Waals surface area contributed by atoms with Gasteiger partial charge in [-0.3, -0.25) is 5.10 Å². The van der Waals surface area contributed by atoms with E-state index in [1.54, 1.807) is 18.7 Å². The van der Waals surface area contributed by atoms with Gasteiger partial charge >= 0.3 is 0 Å². The highest BCUT2D eigenvalue weighted by Gasteiger charge is 2.10. The van der Waals surface area contributed by atoms with Gasteiger partial charge < -0.3 is 10.2 Å². The van der Waals surface area contributed by atoms with Crippen molar-refractivity contribution in [2.45, 2.75) is 0 Å². The molecule has 0 saturated heterocycles. The van der Waals surface area contributed by atoms with Crippen molar-refractivity contribution in [1.82, 2.24) is 15.2 Å². The third-order valence-corrected chi connectivity index (χ3v) is 3.10. The van der Waals surface area contributed by atoms with Gasteiger partial charge in [0.05, 0.1) is 30.0 Å². The van der Waals surface area contributed by atoms with Crippen LogP contribution in [0.25, 0.3) is 21.8 Å². The Kier molecular flexibility index (Phi) is 2.00. The Morgan fingerprint density at radius 2 is 2.38 bits per heavy atom. The Hall–Kier alpha value is -2.08. The van der Waals surface area contributed by atoms with E-state index in [4.69, 9.17) is 10.2 Å². The van der Waals surface area contributed by atoms with Crippen LogP contribution in [0.15, 0.2) is 34.6 Å². The van der Waals surface area contributed by atoms with Gasteiger partial charge in [-0.1, -0.05) is 0 Å². The lowest BCUT2D eigenvalue weighted by Crippen LogP contribution is -1.87. The SMILES string of the molecule is Nc1[nH]ncc1-c1nc(-c2ccoc2)cs1. The van der Waals surface area contributed by atoms with E-state index < -0.39 is 0 Å². The summed E-state index contributed by atoms with van der Waals surface area (Å²) in [6, 6.07) is 1.87. The Morgan fingerprint density at radius 1 is 1.44 bits per heavy atom. The molecule has 3 aromatic heterocycles. The van der Waals surface area contributed by atoms with Gasteiger partial charge in [-0.2, -0.15) is 5.10 Å². The average molecular weight is 232 g/mol. The van der Waals surface area contributed by atoms with Crippen molar-refractivity contribution in [2.24, 2.45) is 0 Å². The Bertz CT molecular complexity index is 596. The highest BCUT2D eigenvalue weighted by Crippen LogP contribution is 2.30. The van der Waals surface area contributed by atoms with Crippen LogP contribution < -0.4 is 5.73 Å². The molecule has 0 radical (unpaired) electrons. The van der Waals surface area contributed by atoms with Crippen LogP contribution in [0.4, 0.5) is 5.82 Å². The fourth-order valence-electron chi connectivity index (χ4n) is 1.41. The number of hydrogen-bond donors (Lipinski definition) is 2. The van der Waals surface area contributed by atoms with Crippen LogP contribution >= 0.6 is 11.3 Å². The molecule has 16 heavy (non-hydrogen) atoms. The smallest absolute Gasteiger partial charge is 0.129 e. The quantitative estimate of drug-likeness (QED) is 0.710. The number of aromatic amines is 1. The van der Waals surface area contributed by atoms with Crippen LogP contribution in [-0.2, 0) is 0 Å². The monoisotopic (exact) mass is 232 g/mol. The van der Waals surface area contributed by atoms with E-state index in [2.05, 4.69) is 15.2 Å². The number of aromatic nitrogens is 3. The standard InChI is InChI=1S/C10H8N4OS/c11-9-7(3-12-14-9)10-13-8(5-16-10)6-1-2-15-4-6/h1-5H,(H3,11,12,14). The minimum Gasteiger partial charge on any atom is -0.472 e. The summed E-state index contributed by atoms with van der Waals surface area (Å²) in [6.45, 7) is 0. The Balaban J connectivity index is 2.03. The molecule has 0 atom stereocenters. The van der Waals surface area contributed by atoms with Gasteiger partial charge in [0.15, 0.2) is 0 Å². The first-order chi connectivity index (χ1) is 7.84. The number of anilines is 1. The first-order valence-corrected chi connectivity index (χ1v) is 5.50.